The topological polar surface area (TPSA) is 20.2 Å². The smallest absolute Gasteiger partial charge is 0.0579 e. The van der Waals surface area contributed by atoms with Crippen LogP contribution in [0.5, 0.6) is 0 Å². The summed E-state index contributed by atoms with van der Waals surface area (Å²) in [5.41, 5.74) is 0.522. The molecule has 0 fully saturated rings. The van der Waals surface area contributed by atoms with Crippen molar-refractivity contribution in [2.24, 2.45) is 11.3 Å². The Morgan fingerprint density at radius 3 is 1.50 bits per heavy atom. The van der Waals surface area contributed by atoms with Crippen molar-refractivity contribution in [3.63, 3.8) is 0 Å². The van der Waals surface area contributed by atoms with Gasteiger partial charge >= 0.3 is 0 Å². The Morgan fingerprint density at radius 2 is 1.50 bits per heavy atom. The van der Waals surface area contributed by atoms with Gasteiger partial charge in [-0.05, 0) is 17.8 Å². The SMILES string of the molecule is CC(C)CC(C)(C)C.OCl. The molecular formula is C8H19ClO. The van der Waals surface area contributed by atoms with Gasteiger partial charge in [-0.2, -0.15) is 0 Å². The summed E-state index contributed by atoms with van der Waals surface area (Å²) in [6, 6.07) is 0. The zero-order valence-corrected chi connectivity index (χ0v) is 8.37. The Labute approximate surface area is 69.6 Å². The van der Waals surface area contributed by atoms with E-state index in [1.165, 1.54) is 6.42 Å². The van der Waals surface area contributed by atoms with Crippen LogP contribution in [0, 0.1) is 11.3 Å². The predicted molar refractivity (Wildman–Crippen MR) is 47.0 cm³/mol. The molecule has 0 spiro atoms. The van der Waals surface area contributed by atoms with E-state index in [9.17, 15) is 0 Å². The van der Waals surface area contributed by atoms with Gasteiger partial charge < -0.3 is 0 Å². The van der Waals surface area contributed by atoms with Gasteiger partial charge in [0.1, 0.15) is 0 Å². The molecule has 0 saturated carbocycles. The highest BCUT2D eigenvalue weighted by molar-refractivity contribution is 6.04. The van der Waals surface area contributed by atoms with Crippen LogP contribution in [0.3, 0.4) is 0 Å². The van der Waals surface area contributed by atoms with Gasteiger partial charge in [0.2, 0.25) is 0 Å². The van der Waals surface area contributed by atoms with Crippen molar-refractivity contribution in [1.82, 2.24) is 0 Å². The molecule has 2 heteroatoms. The second-order valence-electron chi connectivity index (χ2n) is 4.16. The number of rotatable bonds is 1. The van der Waals surface area contributed by atoms with Gasteiger partial charge in [0.15, 0.2) is 0 Å². The highest BCUT2D eigenvalue weighted by Crippen LogP contribution is 2.23. The number of halogens is 1. The second kappa shape index (κ2) is 5.99. The Bertz CT molecular complexity index is 64.1. The summed E-state index contributed by atoms with van der Waals surface area (Å²) >= 11 is 3.64. The largest absolute Gasteiger partial charge is 0.295 e. The van der Waals surface area contributed by atoms with Gasteiger partial charge in [-0.1, -0.05) is 34.6 Å². The van der Waals surface area contributed by atoms with Crippen LogP contribution < -0.4 is 0 Å². The normalized spacial score (nSPS) is 10.8. The average molecular weight is 167 g/mol. The first-order valence-electron chi connectivity index (χ1n) is 3.59. The summed E-state index contributed by atoms with van der Waals surface area (Å²) in [5.74, 6) is 0.843. The molecule has 0 aromatic heterocycles. The molecule has 0 heterocycles. The number of hydrogen-bond donors (Lipinski definition) is 1. The fraction of sp³-hybridized carbons (Fsp3) is 1.00. The van der Waals surface area contributed by atoms with Gasteiger partial charge in [0, 0.05) is 0 Å². The van der Waals surface area contributed by atoms with E-state index >= 15 is 0 Å². The highest BCUT2D eigenvalue weighted by atomic mass is 35.5. The molecule has 0 atom stereocenters. The molecule has 0 aliphatic heterocycles. The minimum absolute atomic E-state index is 0.522. The third kappa shape index (κ3) is 15.7. The quantitative estimate of drug-likeness (QED) is 0.635. The van der Waals surface area contributed by atoms with Gasteiger partial charge in [0.05, 0.1) is 11.9 Å². The number of hydrogen-bond acceptors (Lipinski definition) is 1. The van der Waals surface area contributed by atoms with E-state index in [1.807, 2.05) is 0 Å². The molecule has 0 saturated heterocycles. The summed E-state index contributed by atoms with van der Waals surface area (Å²) in [5, 5.41) is 0. The summed E-state index contributed by atoms with van der Waals surface area (Å²) in [6.45, 7) is 11.4. The van der Waals surface area contributed by atoms with Gasteiger partial charge in [-0.25, -0.2) is 0 Å². The molecule has 64 valence electrons. The van der Waals surface area contributed by atoms with Crippen LogP contribution in [0.4, 0.5) is 0 Å². The molecule has 1 N–H and O–H groups in total. The molecule has 10 heavy (non-hydrogen) atoms. The maximum atomic E-state index is 6.47. The van der Waals surface area contributed by atoms with E-state index < -0.39 is 0 Å². The molecule has 0 bridgehead atoms. The maximum absolute atomic E-state index is 6.47. The van der Waals surface area contributed by atoms with Crippen molar-refractivity contribution in [2.45, 2.75) is 41.0 Å². The minimum atomic E-state index is 0.522. The van der Waals surface area contributed by atoms with Crippen molar-refractivity contribution in [3.05, 3.63) is 0 Å². The van der Waals surface area contributed by atoms with E-state index in [4.69, 9.17) is 4.66 Å². The first-order valence-corrected chi connectivity index (χ1v) is 3.92. The summed E-state index contributed by atoms with van der Waals surface area (Å²) in [7, 11) is 0. The van der Waals surface area contributed by atoms with Crippen LogP contribution >= 0.6 is 11.9 Å². The third-order valence-electron chi connectivity index (χ3n) is 1.02. The zero-order valence-electron chi connectivity index (χ0n) is 7.61. The molecule has 0 aromatic carbocycles. The van der Waals surface area contributed by atoms with Gasteiger partial charge in [0.25, 0.3) is 0 Å². The summed E-state index contributed by atoms with van der Waals surface area (Å²) in [6.07, 6.45) is 1.33. The van der Waals surface area contributed by atoms with Crippen LogP contribution in [0.2, 0.25) is 0 Å². The summed E-state index contributed by atoms with van der Waals surface area (Å²) < 4.78 is 6.47. The zero-order chi connectivity index (χ0) is 8.78. The van der Waals surface area contributed by atoms with E-state index in [-0.39, 0.29) is 0 Å². The first-order chi connectivity index (χ1) is 4.42. The average Bonchev–Trinajstić information content (AvgIpc) is 1.64. The van der Waals surface area contributed by atoms with Crippen LogP contribution in [0.15, 0.2) is 0 Å². The standard InChI is InChI=1S/C8H18.ClHO/c1-7(2)6-8(3,4)5;1-2/h7H,6H2,1-5H3;2H. The maximum Gasteiger partial charge on any atom is 0.0579 e. The second-order valence-corrected chi connectivity index (χ2v) is 4.16. The fourth-order valence-electron chi connectivity index (χ4n) is 1.22. The fourth-order valence-corrected chi connectivity index (χ4v) is 1.22. The monoisotopic (exact) mass is 166 g/mol. The molecule has 1 nitrogen and oxygen atoms in total. The third-order valence-corrected chi connectivity index (χ3v) is 1.02. The van der Waals surface area contributed by atoms with Crippen molar-refractivity contribution in [3.8, 4) is 0 Å². The van der Waals surface area contributed by atoms with Crippen LogP contribution in [0.1, 0.15) is 41.0 Å². The Balaban J connectivity index is 0. The molecule has 0 aliphatic rings. The molecule has 0 aromatic rings. The van der Waals surface area contributed by atoms with Crippen molar-refractivity contribution in [2.75, 3.05) is 0 Å². The molecule has 0 unspecified atom stereocenters. The minimum Gasteiger partial charge on any atom is -0.295 e. The summed E-state index contributed by atoms with van der Waals surface area (Å²) in [4.78, 5) is 0. The Morgan fingerprint density at radius 1 is 1.20 bits per heavy atom. The Kier molecular flexibility index (Phi) is 7.72. The molecule has 0 rings (SSSR count). The lowest BCUT2D eigenvalue weighted by Gasteiger charge is -2.19. The van der Waals surface area contributed by atoms with Crippen molar-refractivity contribution in [1.29, 1.82) is 0 Å². The van der Waals surface area contributed by atoms with Crippen LogP contribution in [0.25, 0.3) is 0 Å². The van der Waals surface area contributed by atoms with E-state index in [1.54, 1.807) is 0 Å². The first kappa shape index (κ1) is 12.9. The lowest BCUT2D eigenvalue weighted by atomic mass is 9.86. The predicted octanol–water partition coefficient (Wildman–Crippen LogP) is 3.21. The molecule has 0 radical (unpaired) electrons. The van der Waals surface area contributed by atoms with Crippen LogP contribution in [-0.4, -0.2) is 4.66 Å². The van der Waals surface area contributed by atoms with Gasteiger partial charge in [-0.3, -0.25) is 4.66 Å². The van der Waals surface area contributed by atoms with E-state index in [2.05, 4.69) is 46.5 Å². The van der Waals surface area contributed by atoms with E-state index in [0.29, 0.717) is 5.41 Å². The van der Waals surface area contributed by atoms with Crippen LogP contribution in [-0.2, 0) is 0 Å². The molecule has 0 amide bonds. The lowest BCUT2D eigenvalue weighted by molar-refractivity contribution is 0.320. The molecule has 0 aliphatic carbocycles. The Hall–Kier alpha value is 0.250. The van der Waals surface area contributed by atoms with Gasteiger partial charge in [-0.15, -0.1) is 0 Å². The van der Waals surface area contributed by atoms with Crippen molar-refractivity contribution >= 4 is 11.9 Å². The molecular weight excluding hydrogens is 148 g/mol. The van der Waals surface area contributed by atoms with E-state index in [0.717, 1.165) is 5.92 Å². The lowest BCUT2D eigenvalue weighted by Crippen LogP contribution is -2.08. The highest BCUT2D eigenvalue weighted by Gasteiger charge is 2.11. The van der Waals surface area contributed by atoms with Crippen molar-refractivity contribution < 1.29 is 4.66 Å².